The summed E-state index contributed by atoms with van der Waals surface area (Å²) >= 11 is 0.900. The third-order valence-electron chi connectivity index (χ3n) is 3.48. The molecule has 112 valence electrons. The van der Waals surface area contributed by atoms with E-state index in [0.717, 1.165) is 30.2 Å². The van der Waals surface area contributed by atoms with Gasteiger partial charge in [0.2, 0.25) is 0 Å². The predicted molar refractivity (Wildman–Crippen MR) is 77.7 cm³/mol. The smallest absolute Gasteiger partial charge is 0.304 e. The van der Waals surface area contributed by atoms with Gasteiger partial charge in [-0.3, -0.25) is 10.1 Å². The van der Waals surface area contributed by atoms with Crippen molar-refractivity contribution in [3.05, 3.63) is 16.2 Å². The van der Waals surface area contributed by atoms with Gasteiger partial charge < -0.3 is 5.32 Å². The van der Waals surface area contributed by atoms with Crippen LogP contribution in [0.3, 0.4) is 0 Å². The van der Waals surface area contributed by atoms with Crippen molar-refractivity contribution in [3.63, 3.8) is 0 Å². The van der Waals surface area contributed by atoms with Crippen LogP contribution in [0.4, 0.5) is 10.7 Å². The van der Waals surface area contributed by atoms with Crippen molar-refractivity contribution < 1.29 is 13.3 Å². The van der Waals surface area contributed by atoms with Gasteiger partial charge in [-0.05, 0) is 26.7 Å². The summed E-state index contributed by atoms with van der Waals surface area (Å²) in [7, 11) is -2.15. The lowest BCUT2D eigenvalue weighted by Gasteiger charge is -2.29. The Kier molecular flexibility index (Phi) is 3.78. The number of rotatable bonds is 4. The van der Waals surface area contributed by atoms with Gasteiger partial charge in [0.15, 0.2) is 5.00 Å². The lowest BCUT2D eigenvalue weighted by molar-refractivity contribution is -0.383. The van der Waals surface area contributed by atoms with E-state index in [2.05, 4.69) is 5.32 Å². The quantitative estimate of drug-likeness (QED) is 0.679. The maximum Gasteiger partial charge on any atom is 0.304 e. The van der Waals surface area contributed by atoms with E-state index in [0.29, 0.717) is 6.54 Å². The fourth-order valence-electron chi connectivity index (χ4n) is 2.44. The van der Waals surface area contributed by atoms with Crippen LogP contribution in [0.25, 0.3) is 0 Å². The average Bonchev–Trinajstić information content (AvgIpc) is 2.92. The number of nitrogens with zero attached hydrogens (tertiary/aromatic N) is 2. The Morgan fingerprint density at radius 3 is 2.55 bits per heavy atom. The molecular weight excluding hydrogens is 302 g/mol. The molecule has 0 aromatic carbocycles. The van der Waals surface area contributed by atoms with Crippen molar-refractivity contribution in [3.8, 4) is 0 Å². The van der Waals surface area contributed by atoms with Crippen LogP contribution < -0.4 is 5.32 Å². The number of hydrogen-bond donors (Lipinski definition) is 1. The molecule has 0 saturated carbocycles. The Morgan fingerprint density at radius 2 is 2.15 bits per heavy atom. The highest BCUT2D eigenvalue weighted by Gasteiger charge is 2.42. The van der Waals surface area contributed by atoms with Crippen molar-refractivity contribution in [1.82, 2.24) is 4.31 Å². The van der Waals surface area contributed by atoms with E-state index in [1.54, 1.807) is 0 Å². The van der Waals surface area contributed by atoms with Crippen LogP contribution in [0.15, 0.2) is 10.3 Å². The molecule has 0 radical (unpaired) electrons. The zero-order chi connectivity index (χ0) is 15.1. The summed E-state index contributed by atoms with van der Waals surface area (Å²) in [6.07, 6.45) is 1.59. The normalized spacial score (nSPS) is 19.1. The lowest BCUT2D eigenvalue weighted by Crippen LogP contribution is -2.42. The van der Waals surface area contributed by atoms with Crippen LogP contribution in [-0.4, -0.2) is 36.8 Å². The highest BCUT2D eigenvalue weighted by Crippen LogP contribution is 2.41. The van der Waals surface area contributed by atoms with Crippen LogP contribution in [0.2, 0.25) is 0 Å². The van der Waals surface area contributed by atoms with Crippen molar-refractivity contribution in [2.75, 3.05) is 18.9 Å². The molecule has 1 fully saturated rings. The Morgan fingerprint density at radius 1 is 1.50 bits per heavy atom. The van der Waals surface area contributed by atoms with Crippen LogP contribution in [0, 0.1) is 10.1 Å². The zero-order valence-electron chi connectivity index (χ0n) is 11.5. The summed E-state index contributed by atoms with van der Waals surface area (Å²) < 4.78 is 26.7. The minimum absolute atomic E-state index is 0.0172. The van der Waals surface area contributed by atoms with Gasteiger partial charge in [0.05, 0.1) is 4.92 Å². The Labute approximate surface area is 121 Å². The number of hydrogen-bond acceptors (Lipinski definition) is 6. The van der Waals surface area contributed by atoms with E-state index in [4.69, 9.17) is 0 Å². The third-order valence-corrected chi connectivity index (χ3v) is 7.18. The molecule has 9 heteroatoms. The van der Waals surface area contributed by atoms with Crippen LogP contribution in [0.5, 0.6) is 0 Å². The first kappa shape index (κ1) is 15.2. The fourth-order valence-corrected chi connectivity index (χ4v) is 5.68. The zero-order valence-corrected chi connectivity index (χ0v) is 13.2. The first-order valence-corrected chi connectivity index (χ1v) is 8.44. The van der Waals surface area contributed by atoms with Crippen molar-refractivity contribution in [2.24, 2.45) is 0 Å². The molecule has 1 aromatic heterocycles. The molecule has 1 aromatic rings. The number of nitrogens with one attached hydrogen (secondary N) is 1. The van der Waals surface area contributed by atoms with Crippen LogP contribution in [-0.2, 0) is 10.0 Å². The maximum atomic E-state index is 12.6. The average molecular weight is 319 g/mol. The Hall–Kier alpha value is -1.19. The second-order valence-corrected chi connectivity index (χ2v) is 8.42. The topological polar surface area (TPSA) is 92.6 Å². The van der Waals surface area contributed by atoms with E-state index in [9.17, 15) is 18.5 Å². The molecule has 2 rings (SSSR count). The summed E-state index contributed by atoms with van der Waals surface area (Å²) in [6, 6.07) is 1.14. The number of thiophene rings is 1. The van der Waals surface area contributed by atoms with Gasteiger partial charge in [-0.1, -0.05) is 11.3 Å². The molecule has 0 bridgehead atoms. The second-order valence-electron chi connectivity index (χ2n) is 5.28. The van der Waals surface area contributed by atoms with Gasteiger partial charge in [-0.2, -0.15) is 4.31 Å². The molecule has 1 N–H and O–H groups in total. The molecule has 0 spiro atoms. The summed E-state index contributed by atoms with van der Waals surface area (Å²) in [6.45, 7) is 4.20. The SMILES string of the molecule is CNc1sc(S(=O)(=O)N2CCCC2(C)C)cc1[N+](=O)[O-]. The fraction of sp³-hybridized carbons (Fsp3) is 0.636. The van der Waals surface area contributed by atoms with Crippen LogP contribution in [0.1, 0.15) is 26.7 Å². The van der Waals surface area contributed by atoms with E-state index < -0.39 is 20.5 Å². The monoisotopic (exact) mass is 319 g/mol. The molecule has 2 heterocycles. The number of anilines is 1. The summed E-state index contributed by atoms with van der Waals surface area (Å²) in [5.74, 6) is 0. The molecule has 7 nitrogen and oxygen atoms in total. The van der Waals surface area contributed by atoms with Gasteiger partial charge in [-0.25, -0.2) is 8.42 Å². The van der Waals surface area contributed by atoms with E-state index >= 15 is 0 Å². The van der Waals surface area contributed by atoms with Crippen molar-refractivity contribution in [2.45, 2.75) is 36.4 Å². The van der Waals surface area contributed by atoms with Crippen molar-refractivity contribution >= 4 is 32.0 Å². The van der Waals surface area contributed by atoms with Gasteiger partial charge in [0, 0.05) is 25.2 Å². The van der Waals surface area contributed by atoms with Crippen LogP contribution >= 0.6 is 11.3 Å². The number of sulfonamides is 1. The molecule has 0 amide bonds. The van der Waals surface area contributed by atoms with E-state index in [1.807, 2.05) is 13.8 Å². The largest absolute Gasteiger partial charge is 0.374 e. The molecular formula is C11H17N3O4S2. The minimum Gasteiger partial charge on any atom is -0.374 e. The molecule has 1 saturated heterocycles. The standard InChI is InChI=1S/C11H17N3O4S2/c1-11(2)5-4-6-13(11)20(17,18)9-7-8(14(15)16)10(12-3)19-9/h7,12H,4-6H2,1-3H3. The van der Waals surface area contributed by atoms with E-state index in [-0.39, 0.29) is 14.9 Å². The predicted octanol–water partition coefficient (Wildman–Crippen LogP) is 2.26. The molecule has 1 aliphatic heterocycles. The maximum absolute atomic E-state index is 12.6. The van der Waals surface area contributed by atoms with Crippen molar-refractivity contribution in [1.29, 1.82) is 0 Å². The third kappa shape index (κ3) is 2.40. The van der Waals surface area contributed by atoms with E-state index in [1.165, 1.54) is 11.4 Å². The van der Waals surface area contributed by atoms with Gasteiger partial charge in [0.1, 0.15) is 4.21 Å². The molecule has 1 aliphatic rings. The first-order valence-electron chi connectivity index (χ1n) is 6.19. The minimum atomic E-state index is -3.68. The summed E-state index contributed by atoms with van der Waals surface area (Å²) in [4.78, 5) is 10.4. The summed E-state index contributed by atoms with van der Waals surface area (Å²) in [5, 5.41) is 13.9. The van der Waals surface area contributed by atoms with Gasteiger partial charge in [0.25, 0.3) is 10.0 Å². The Bertz CT molecular complexity index is 636. The molecule has 20 heavy (non-hydrogen) atoms. The Balaban J connectivity index is 2.48. The highest BCUT2D eigenvalue weighted by atomic mass is 32.2. The lowest BCUT2D eigenvalue weighted by atomic mass is 10.0. The molecule has 0 unspecified atom stereocenters. The van der Waals surface area contributed by atoms with Gasteiger partial charge in [-0.15, -0.1) is 0 Å². The molecule has 0 atom stereocenters. The second kappa shape index (κ2) is 4.97. The van der Waals surface area contributed by atoms with Gasteiger partial charge >= 0.3 is 5.69 Å². The molecule has 0 aliphatic carbocycles. The number of nitro groups is 1. The highest BCUT2D eigenvalue weighted by molar-refractivity contribution is 7.91. The summed E-state index contributed by atoms with van der Waals surface area (Å²) in [5.41, 5.74) is -0.648. The first-order chi connectivity index (χ1) is 9.20.